The fourth-order valence-corrected chi connectivity index (χ4v) is 5.80. The van der Waals surface area contributed by atoms with E-state index < -0.39 is 6.16 Å². The highest BCUT2D eigenvalue weighted by Crippen LogP contribution is 2.36. The van der Waals surface area contributed by atoms with Crippen LogP contribution < -0.4 is 0 Å². The van der Waals surface area contributed by atoms with Crippen molar-refractivity contribution in [3.05, 3.63) is 0 Å². The second kappa shape index (κ2) is 9.32. The summed E-state index contributed by atoms with van der Waals surface area (Å²) >= 11 is 6.23. The molecule has 2 unspecified atom stereocenters. The second-order valence-corrected chi connectivity index (χ2v) is 9.58. The summed E-state index contributed by atoms with van der Waals surface area (Å²) in [7, 11) is 0. The molecule has 2 saturated carbocycles. The van der Waals surface area contributed by atoms with Gasteiger partial charge in [0.1, 0.15) is 12.2 Å². The maximum absolute atomic E-state index is 11.7. The predicted molar refractivity (Wildman–Crippen MR) is 106 cm³/mol. The Labute approximate surface area is 168 Å². The van der Waals surface area contributed by atoms with E-state index in [2.05, 4.69) is 9.80 Å². The summed E-state index contributed by atoms with van der Waals surface area (Å²) in [5, 5.41) is 0.290. The molecule has 4 aliphatic rings. The van der Waals surface area contributed by atoms with E-state index in [9.17, 15) is 4.79 Å². The van der Waals surface area contributed by atoms with Crippen molar-refractivity contribution in [3.8, 4) is 0 Å². The SMILES string of the molecule is O=C1OC(CCN2CCN(C3CCCCC3)CC2)C(C2CCC(Cl)CC2)O1. The van der Waals surface area contributed by atoms with E-state index in [1.54, 1.807) is 0 Å². The number of ether oxygens (including phenoxy) is 2. The zero-order valence-electron chi connectivity index (χ0n) is 16.5. The Morgan fingerprint density at radius 2 is 1.59 bits per heavy atom. The molecule has 0 aromatic rings. The molecule has 4 fully saturated rings. The minimum atomic E-state index is -0.472. The number of halogens is 1. The van der Waals surface area contributed by atoms with Crippen LogP contribution in [0.1, 0.15) is 64.2 Å². The summed E-state index contributed by atoms with van der Waals surface area (Å²) in [6.45, 7) is 5.66. The molecule has 2 heterocycles. The number of hydrogen-bond acceptors (Lipinski definition) is 5. The van der Waals surface area contributed by atoms with E-state index in [0.29, 0.717) is 5.92 Å². The van der Waals surface area contributed by atoms with Gasteiger partial charge in [0.05, 0.1) is 0 Å². The molecule has 4 rings (SSSR count). The Morgan fingerprint density at radius 3 is 2.30 bits per heavy atom. The molecule has 2 aliphatic carbocycles. The minimum Gasteiger partial charge on any atom is -0.427 e. The third-order valence-corrected chi connectivity index (χ3v) is 7.68. The first-order valence-electron chi connectivity index (χ1n) is 11.2. The molecule has 0 radical (unpaired) electrons. The maximum atomic E-state index is 11.7. The summed E-state index contributed by atoms with van der Waals surface area (Å²) in [5.74, 6) is 0.416. The van der Waals surface area contributed by atoms with Crippen LogP contribution in [0, 0.1) is 5.92 Å². The van der Waals surface area contributed by atoms with Gasteiger partial charge >= 0.3 is 6.16 Å². The number of nitrogens with zero attached hydrogens (tertiary/aromatic N) is 2. The maximum Gasteiger partial charge on any atom is 0.509 e. The van der Waals surface area contributed by atoms with Crippen molar-refractivity contribution in [2.45, 2.75) is 87.8 Å². The number of carbonyl (C=O) groups excluding carboxylic acids is 1. The summed E-state index contributed by atoms with van der Waals surface area (Å²) in [4.78, 5) is 17.0. The molecule has 0 amide bonds. The Morgan fingerprint density at radius 1 is 0.889 bits per heavy atom. The van der Waals surface area contributed by atoms with Gasteiger partial charge in [-0.15, -0.1) is 11.6 Å². The number of carbonyl (C=O) groups is 1. The van der Waals surface area contributed by atoms with Crippen molar-refractivity contribution < 1.29 is 14.3 Å². The van der Waals surface area contributed by atoms with Gasteiger partial charge in [-0.25, -0.2) is 4.79 Å². The third kappa shape index (κ3) is 5.10. The highest BCUT2D eigenvalue weighted by molar-refractivity contribution is 6.20. The van der Waals surface area contributed by atoms with Gasteiger partial charge in [-0.3, -0.25) is 4.90 Å². The molecule has 2 aliphatic heterocycles. The van der Waals surface area contributed by atoms with Crippen LogP contribution in [0.2, 0.25) is 0 Å². The van der Waals surface area contributed by atoms with Crippen LogP contribution >= 0.6 is 11.6 Å². The molecule has 2 saturated heterocycles. The fraction of sp³-hybridized carbons (Fsp3) is 0.952. The zero-order chi connectivity index (χ0) is 18.6. The average molecular weight is 399 g/mol. The minimum absolute atomic E-state index is 0.0646. The molecule has 154 valence electrons. The van der Waals surface area contributed by atoms with Gasteiger partial charge in [0.2, 0.25) is 0 Å². The number of rotatable bonds is 5. The molecule has 0 bridgehead atoms. The van der Waals surface area contributed by atoms with Crippen molar-refractivity contribution in [3.63, 3.8) is 0 Å². The van der Waals surface area contributed by atoms with Gasteiger partial charge < -0.3 is 14.4 Å². The number of piperazine rings is 1. The molecule has 0 aromatic carbocycles. The Kier molecular flexibility index (Phi) is 6.83. The molecular formula is C21H35ClN2O3. The first-order chi connectivity index (χ1) is 13.2. The Hall–Kier alpha value is -0.520. The van der Waals surface area contributed by atoms with Gasteiger partial charge in [0, 0.05) is 50.6 Å². The molecule has 6 heteroatoms. The van der Waals surface area contributed by atoms with E-state index in [4.69, 9.17) is 21.1 Å². The highest BCUT2D eigenvalue weighted by Gasteiger charge is 2.42. The van der Waals surface area contributed by atoms with E-state index in [0.717, 1.165) is 57.8 Å². The van der Waals surface area contributed by atoms with Crippen molar-refractivity contribution in [1.29, 1.82) is 0 Å². The van der Waals surface area contributed by atoms with E-state index in [1.807, 2.05) is 0 Å². The third-order valence-electron chi connectivity index (χ3n) is 7.24. The summed E-state index contributed by atoms with van der Waals surface area (Å²) in [6, 6.07) is 0.825. The largest absolute Gasteiger partial charge is 0.509 e. The first kappa shape index (κ1) is 19.8. The van der Waals surface area contributed by atoms with Crippen LogP contribution in [0.3, 0.4) is 0 Å². The van der Waals surface area contributed by atoms with Gasteiger partial charge in [-0.05, 0) is 44.4 Å². The molecular weight excluding hydrogens is 364 g/mol. The average Bonchev–Trinajstić information content (AvgIpc) is 3.08. The quantitative estimate of drug-likeness (QED) is 0.516. The summed E-state index contributed by atoms with van der Waals surface area (Å²) in [5.41, 5.74) is 0. The zero-order valence-corrected chi connectivity index (χ0v) is 17.2. The standard InChI is InChI=1S/C21H35ClN2O3/c22-17-8-6-16(7-9-17)20-19(26-21(25)27-20)10-11-23-12-14-24(15-13-23)18-4-2-1-3-5-18/h16-20H,1-15H2. The highest BCUT2D eigenvalue weighted by atomic mass is 35.5. The van der Waals surface area contributed by atoms with Crippen molar-refractivity contribution in [1.82, 2.24) is 9.80 Å². The van der Waals surface area contributed by atoms with Gasteiger partial charge in [-0.1, -0.05) is 19.3 Å². The number of hydrogen-bond donors (Lipinski definition) is 0. The smallest absolute Gasteiger partial charge is 0.427 e. The molecule has 2 atom stereocenters. The number of alkyl halides is 1. The fourth-order valence-electron chi connectivity index (χ4n) is 5.54. The first-order valence-corrected chi connectivity index (χ1v) is 11.6. The van der Waals surface area contributed by atoms with Crippen molar-refractivity contribution in [2.24, 2.45) is 5.92 Å². The molecule has 0 spiro atoms. The van der Waals surface area contributed by atoms with Crippen LogP contribution in [0.15, 0.2) is 0 Å². The monoisotopic (exact) mass is 398 g/mol. The summed E-state index contributed by atoms with van der Waals surface area (Å²) < 4.78 is 11.1. The Bertz CT molecular complexity index is 484. The lowest BCUT2D eigenvalue weighted by Gasteiger charge is -2.41. The number of cyclic esters (lactones) is 2. The van der Waals surface area contributed by atoms with E-state index in [-0.39, 0.29) is 17.6 Å². The van der Waals surface area contributed by atoms with Gasteiger partial charge in [0.15, 0.2) is 0 Å². The normalized spacial score (nSPS) is 37.1. The van der Waals surface area contributed by atoms with Gasteiger partial charge in [0.25, 0.3) is 0 Å². The van der Waals surface area contributed by atoms with Crippen molar-refractivity contribution in [2.75, 3.05) is 32.7 Å². The molecule has 27 heavy (non-hydrogen) atoms. The lowest BCUT2D eigenvalue weighted by molar-refractivity contribution is 0.0497. The molecule has 0 N–H and O–H groups in total. The van der Waals surface area contributed by atoms with Crippen molar-refractivity contribution >= 4 is 17.8 Å². The van der Waals surface area contributed by atoms with Crippen LogP contribution in [0.5, 0.6) is 0 Å². The molecule has 0 aromatic heterocycles. The van der Waals surface area contributed by atoms with Crippen LogP contribution in [0.25, 0.3) is 0 Å². The van der Waals surface area contributed by atoms with Crippen LogP contribution in [-0.2, 0) is 9.47 Å². The summed E-state index contributed by atoms with van der Waals surface area (Å²) in [6.07, 6.45) is 11.4. The lowest BCUT2D eigenvalue weighted by atomic mass is 9.82. The topological polar surface area (TPSA) is 42.0 Å². The predicted octanol–water partition coefficient (Wildman–Crippen LogP) is 4.03. The van der Waals surface area contributed by atoms with E-state index in [1.165, 1.54) is 45.2 Å². The van der Waals surface area contributed by atoms with Gasteiger partial charge in [-0.2, -0.15) is 0 Å². The van der Waals surface area contributed by atoms with Crippen LogP contribution in [-0.4, -0.2) is 72.3 Å². The molecule has 5 nitrogen and oxygen atoms in total. The van der Waals surface area contributed by atoms with E-state index >= 15 is 0 Å². The van der Waals surface area contributed by atoms with Crippen LogP contribution in [0.4, 0.5) is 4.79 Å². The Balaban J connectivity index is 1.21. The second-order valence-electron chi connectivity index (χ2n) is 8.96. The lowest BCUT2D eigenvalue weighted by Crippen LogP contribution is -2.51.